The quantitative estimate of drug-likeness (QED) is 0.403. The van der Waals surface area contributed by atoms with Crippen molar-refractivity contribution in [3.05, 3.63) is 71.5 Å². The molecule has 164 valence electrons. The third-order valence-corrected chi connectivity index (χ3v) is 5.34. The van der Waals surface area contributed by atoms with Crippen LogP contribution < -0.4 is 10.5 Å². The summed E-state index contributed by atoms with van der Waals surface area (Å²) < 4.78 is 13.8. The molecule has 1 aromatic heterocycles. The molecule has 0 aliphatic rings. The van der Waals surface area contributed by atoms with Crippen LogP contribution in [0.25, 0.3) is 11.1 Å². The number of para-hydroxylation sites is 1. The van der Waals surface area contributed by atoms with Gasteiger partial charge in [0.2, 0.25) is 0 Å². The first-order valence-corrected chi connectivity index (χ1v) is 11.0. The number of aromatic nitrogens is 1. The molecule has 0 aliphatic heterocycles. The molecule has 31 heavy (non-hydrogen) atoms. The Morgan fingerprint density at radius 1 is 1.03 bits per heavy atom. The number of carbonyl (C=O) groups excluding carboxylic acids is 1. The van der Waals surface area contributed by atoms with Crippen LogP contribution in [0.1, 0.15) is 48.4 Å². The summed E-state index contributed by atoms with van der Waals surface area (Å²) in [5, 5.41) is 0. The summed E-state index contributed by atoms with van der Waals surface area (Å²) in [4.78, 5) is 12.5. The minimum Gasteiger partial charge on any atom is -0.457 e. The lowest BCUT2D eigenvalue weighted by atomic mass is 9.98. The predicted molar refractivity (Wildman–Crippen MR) is 125 cm³/mol. The lowest BCUT2D eigenvalue weighted by Crippen LogP contribution is -2.14. The predicted octanol–water partition coefficient (Wildman–Crippen LogP) is 5.73. The maximum Gasteiger partial charge on any atom is 0.251 e. The van der Waals surface area contributed by atoms with Gasteiger partial charge in [0, 0.05) is 36.7 Å². The van der Waals surface area contributed by atoms with E-state index in [1.54, 1.807) is 0 Å². The van der Waals surface area contributed by atoms with E-state index in [0.29, 0.717) is 18.8 Å². The summed E-state index contributed by atoms with van der Waals surface area (Å²) >= 11 is 0. The van der Waals surface area contributed by atoms with Crippen LogP contribution in [-0.2, 0) is 17.7 Å². The fourth-order valence-corrected chi connectivity index (χ4v) is 4.02. The minimum absolute atomic E-state index is 0.400. The number of nitrogens with zero attached hydrogens (tertiary/aromatic N) is 1. The Kier molecular flexibility index (Phi) is 7.90. The molecule has 1 amide bonds. The van der Waals surface area contributed by atoms with Gasteiger partial charge in [0.05, 0.1) is 5.56 Å². The van der Waals surface area contributed by atoms with E-state index in [-0.39, 0.29) is 0 Å². The van der Waals surface area contributed by atoms with Gasteiger partial charge in [-0.05, 0) is 56.5 Å². The molecule has 0 aliphatic carbocycles. The van der Waals surface area contributed by atoms with E-state index < -0.39 is 5.91 Å². The number of ether oxygens (including phenoxy) is 2. The number of primary amides is 1. The van der Waals surface area contributed by atoms with Gasteiger partial charge < -0.3 is 19.8 Å². The number of benzene rings is 2. The molecule has 3 rings (SSSR count). The standard InChI is InChI=1S/C26H32N2O3/c1-4-11-23-25(24(26(27)29)19(3)28(23)16-10-17-30-5-2)20-12-9-15-22(18-20)31-21-13-7-6-8-14-21/h6-9,12-15,18H,4-5,10-11,16-17H2,1-3H3,(H2,27,29). The van der Waals surface area contributed by atoms with E-state index in [0.717, 1.165) is 59.8 Å². The van der Waals surface area contributed by atoms with Crippen molar-refractivity contribution in [3.63, 3.8) is 0 Å². The average Bonchev–Trinajstić information content (AvgIpc) is 3.04. The largest absolute Gasteiger partial charge is 0.457 e. The number of nitrogens with two attached hydrogens (primary N) is 1. The van der Waals surface area contributed by atoms with E-state index in [9.17, 15) is 4.79 Å². The van der Waals surface area contributed by atoms with Crippen LogP contribution in [0, 0.1) is 6.92 Å². The summed E-state index contributed by atoms with van der Waals surface area (Å²) in [7, 11) is 0. The molecule has 1 heterocycles. The maximum atomic E-state index is 12.5. The van der Waals surface area contributed by atoms with Gasteiger partial charge in [-0.3, -0.25) is 4.79 Å². The SMILES string of the molecule is CCCc1c(-c2cccc(Oc3ccccc3)c2)c(C(N)=O)c(C)n1CCCOCC. The summed E-state index contributed by atoms with van der Waals surface area (Å²) in [5.74, 6) is 1.10. The van der Waals surface area contributed by atoms with Crippen molar-refractivity contribution in [2.45, 2.75) is 46.6 Å². The first-order chi connectivity index (χ1) is 15.1. The van der Waals surface area contributed by atoms with Gasteiger partial charge in [0.25, 0.3) is 5.91 Å². The molecular formula is C26H32N2O3. The minimum atomic E-state index is -0.400. The van der Waals surface area contributed by atoms with Gasteiger partial charge in [0.1, 0.15) is 11.5 Å². The molecule has 0 unspecified atom stereocenters. The van der Waals surface area contributed by atoms with Crippen LogP contribution in [0.5, 0.6) is 11.5 Å². The molecule has 5 heteroatoms. The molecule has 2 aromatic carbocycles. The first-order valence-electron chi connectivity index (χ1n) is 11.0. The second-order valence-corrected chi connectivity index (χ2v) is 7.54. The van der Waals surface area contributed by atoms with Crippen LogP contribution in [0.15, 0.2) is 54.6 Å². The number of amides is 1. The Morgan fingerprint density at radius 3 is 2.45 bits per heavy atom. The highest BCUT2D eigenvalue weighted by atomic mass is 16.5. The van der Waals surface area contributed by atoms with Crippen LogP contribution in [0.2, 0.25) is 0 Å². The van der Waals surface area contributed by atoms with E-state index in [1.807, 2.05) is 68.4 Å². The highest BCUT2D eigenvalue weighted by Gasteiger charge is 2.24. The van der Waals surface area contributed by atoms with Crippen LogP contribution in [0.4, 0.5) is 0 Å². The molecule has 0 bridgehead atoms. The molecule has 0 radical (unpaired) electrons. The van der Waals surface area contributed by atoms with Gasteiger partial charge in [-0.15, -0.1) is 0 Å². The highest BCUT2D eigenvalue weighted by molar-refractivity contribution is 6.02. The normalized spacial score (nSPS) is 10.9. The Labute approximate surface area is 184 Å². The fraction of sp³-hybridized carbons (Fsp3) is 0.346. The third-order valence-electron chi connectivity index (χ3n) is 5.34. The fourth-order valence-electron chi connectivity index (χ4n) is 4.02. The molecule has 0 spiro atoms. The van der Waals surface area contributed by atoms with Crippen molar-refractivity contribution in [1.29, 1.82) is 0 Å². The van der Waals surface area contributed by atoms with Gasteiger partial charge >= 0.3 is 0 Å². The molecule has 0 saturated heterocycles. The molecular weight excluding hydrogens is 388 g/mol. The van der Waals surface area contributed by atoms with Crippen LogP contribution >= 0.6 is 0 Å². The molecule has 0 saturated carbocycles. The zero-order chi connectivity index (χ0) is 22.2. The van der Waals surface area contributed by atoms with Gasteiger partial charge in [-0.1, -0.05) is 43.7 Å². The zero-order valence-electron chi connectivity index (χ0n) is 18.7. The second kappa shape index (κ2) is 10.8. The Morgan fingerprint density at radius 2 is 1.77 bits per heavy atom. The summed E-state index contributed by atoms with van der Waals surface area (Å²) in [6.45, 7) is 8.32. The summed E-state index contributed by atoms with van der Waals surface area (Å²) in [5.41, 5.74) is 10.4. The molecule has 0 atom stereocenters. The van der Waals surface area contributed by atoms with Crippen molar-refractivity contribution in [2.75, 3.05) is 13.2 Å². The van der Waals surface area contributed by atoms with E-state index >= 15 is 0 Å². The first kappa shape index (κ1) is 22.6. The maximum absolute atomic E-state index is 12.5. The number of hydrogen-bond donors (Lipinski definition) is 1. The second-order valence-electron chi connectivity index (χ2n) is 7.54. The number of carbonyl (C=O) groups is 1. The topological polar surface area (TPSA) is 66.5 Å². The third kappa shape index (κ3) is 5.36. The van der Waals surface area contributed by atoms with Crippen molar-refractivity contribution in [2.24, 2.45) is 5.73 Å². The molecule has 2 N–H and O–H groups in total. The zero-order valence-corrected chi connectivity index (χ0v) is 18.7. The smallest absolute Gasteiger partial charge is 0.251 e. The molecule has 3 aromatic rings. The van der Waals surface area contributed by atoms with Gasteiger partial charge in [-0.2, -0.15) is 0 Å². The molecule has 0 fully saturated rings. The lowest BCUT2D eigenvalue weighted by molar-refractivity contribution is 0.1000. The summed E-state index contributed by atoms with van der Waals surface area (Å²) in [6.07, 6.45) is 2.72. The van der Waals surface area contributed by atoms with Crippen LogP contribution in [0.3, 0.4) is 0 Å². The van der Waals surface area contributed by atoms with Crippen molar-refractivity contribution < 1.29 is 14.3 Å². The lowest BCUT2D eigenvalue weighted by Gasteiger charge is -2.13. The van der Waals surface area contributed by atoms with Gasteiger partial charge in [0.15, 0.2) is 0 Å². The molecule has 5 nitrogen and oxygen atoms in total. The van der Waals surface area contributed by atoms with Gasteiger partial charge in [-0.25, -0.2) is 0 Å². The highest BCUT2D eigenvalue weighted by Crippen LogP contribution is 2.36. The number of hydrogen-bond acceptors (Lipinski definition) is 3. The summed E-state index contributed by atoms with van der Waals surface area (Å²) in [6, 6.07) is 17.6. The average molecular weight is 421 g/mol. The van der Waals surface area contributed by atoms with E-state index in [1.165, 1.54) is 0 Å². The Balaban J connectivity index is 2.04. The monoisotopic (exact) mass is 420 g/mol. The Bertz CT molecular complexity index is 1010. The van der Waals surface area contributed by atoms with Crippen molar-refractivity contribution in [1.82, 2.24) is 4.57 Å². The number of rotatable bonds is 11. The Hall–Kier alpha value is -3.05. The van der Waals surface area contributed by atoms with E-state index in [2.05, 4.69) is 11.5 Å². The van der Waals surface area contributed by atoms with Crippen molar-refractivity contribution >= 4 is 5.91 Å². The van der Waals surface area contributed by atoms with E-state index in [4.69, 9.17) is 15.2 Å². The van der Waals surface area contributed by atoms with Crippen molar-refractivity contribution in [3.8, 4) is 22.6 Å². The van der Waals surface area contributed by atoms with Crippen LogP contribution in [-0.4, -0.2) is 23.7 Å².